The molecule has 3 aromatic heterocycles. The highest BCUT2D eigenvalue weighted by Crippen LogP contribution is 2.23. The van der Waals surface area contributed by atoms with Crippen LogP contribution in [0.3, 0.4) is 0 Å². The molecular formula is C18H16N6O3. The molecule has 3 heterocycles. The molecule has 4 aromatic rings. The molecule has 0 spiro atoms. The average molecular weight is 364 g/mol. The summed E-state index contributed by atoms with van der Waals surface area (Å²) in [6, 6.07) is 8.87. The smallest absolute Gasteiger partial charge is 0.417 e. The second-order valence-electron chi connectivity index (χ2n) is 5.79. The molecule has 9 heteroatoms. The fraction of sp³-hybridized carbons (Fsp3) is 0.111. The van der Waals surface area contributed by atoms with Gasteiger partial charge in [-0.15, -0.1) is 0 Å². The SMILES string of the molecule is COc1ccc(Nc2ncc(C)c(Nc3ccc4oc(=O)[nH]c4c3)n2)cn1. The van der Waals surface area contributed by atoms with E-state index in [1.807, 2.05) is 13.0 Å². The molecule has 0 aliphatic rings. The third-order valence-corrected chi connectivity index (χ3v) is 3.86. The van der Waals surface area contributed by atoms with Gasteiger partial charge in [0, 0.05) is 23.5 Å². The van der Waals surface area contributed by atoms with E-state index in [2.05, 4.69) is 30.6 Å². The quantitative estimate of drug-likeness (QED) is 0.494. The normalized spacial score (nSPS) is 10.7. The zero-order valence-electron chi connectivity index (χ0n) is 14.6. The van der Waals surface area contributed by atoms with Crippen molar-refractivity contribution in [3.05, 3.63) is 58.8 Å². The lowest BCUT2D eigenvalue weighted by molar-refractivity contribution is 0.398. The van der Waals surface area contributed by atoms with Crippen molar-refractivity contribution in [2.45, 2.75) is 6.92 Å². The number of benzene rings is 1. The van der Waals surface area contributed by atoms with Gasteiger partial charge in [-0.25, -0.2) is 14.8 Å². The summed E-state index contributed by atoms with van der Waals surface area (Å²) in [5.74, 6) is 1.10. The summed E-state index contributed by atoms with van der Waals surface area (Å²) in [6.45, 7) is 1.90. The number of anilines is 4. The van der Waals surface area contributed by atoms with Crippen molar-refractivity contribution in [1.29, 1.82) is 0 Å². The van der Waals surface area contributed by atoms with Crippen LogP contribution in [-0.4, -0.2) is 27.0 Å². The Morgan fingerprint density at radius 1 is 1.07 bits per heavy atom. The first-order valence-electron chi connectivity index (χ1n) is 8.11. The number of nitrogens with zero attached hydrogens (tertiary/aromatic N) is 3. The number of aromatic nitrogens is 4. The first-order valence-corrected chi connectivity index (χ1v) is 8.11. The maximum Gasteiger partial charge on any atom is 0.417 e. The van der Waals surface area contributed by atoms with Crippen LogP contribution in [0.1, 0.15) is 5.56 Å². The van der Waals surface area contributed by atoms with Gasteiger partial charge in [-0.05, 0) is 31.2 Å². The zero-order valence-corrected chi connectivity index (χ0v) is 14.6. The van der Waals surface area contributed by atoms with E-state index in [4.69, 9.17) is 9.15 Å². The Kier molecular flexibility index (Phi) is 4.17. The lowest BCUT2D eigenvalue weighted by atomic mass is 10.2. The molecule has 1 aromatic carbocycles. The lowest BCUT2D eigenvalue weighted by Crippen LogP contribution is -2.03. The number of ether oxygens (including phenoxy) is 1. The Labute approximate surface area is 153 Å². The monoisotopic (exact) mass is 364 g/mol. The van der Waals surface area contributed by atoms with Crippen molar-refractivity contribution in [2.75, 3.05) is 17.7 Å². The number of oxazole rings is 1. The van der Waals surface area contributed by atoms with Crippen LogP contribution in [0.2, 0.25) is 0 Å². The minimum Gasteiger partial charge on any atom is -0.481 e. The van der Waals surface area contributed by atoms with Crippen LogP contribution in [0.15, 0.2) is 51.9 Å². The van der Waals surface area contributed by atoms with Crippen LogP contribution in [0, 0.1) is 6.92 Å². The number of rotatable bonds is 5. The maximum absolute atomic E-state index is 11.3. The minimum absolute atomic E-state index is 0.424. The molecule has 0 aliphatic heterocycles. The highest BCUT2D eigenvalue weighted by Gasteiger charge is 2.07. The first-order chi connectivity index (χ1) is 13.1. The van der Waals surface area contributed by atoms with Crippen molar-refractivity contribution in [1.82, 2.24) is 19.9 Å². The highest BCUT2D eigenvalue weighted by atomic mass is 16.5. The van der Waals surface area contributed by atoms with Crippen molar-refractivity contribution < 1.29 is 9.15 Å². The number of nitrogens with one attached hydrogen (secondary N) is 3. The third-order valence-electron chi connectivity index (χ3n) is 3.86. The van der Waals surface area contributed by atoms with Gasteiger partial charge in [-0.3, -0.25) is 4.98 Å². The number of pyridine rings is 1. The van der Waals surface area contributed by atoms with Crippen LogP contribution < -0.4 is 21.1 Å². The molecule has 0 amide bonds. The molecule has 0 saturated carbocycles. The molecule has 0 bridgehead atoms. The summed E-state index contributed by atoms with van der Waals surface area (Å²) in [6.07, 6.45) is 3.35. The fourth-order valence-electron chi connectivity index (χ4n) is 2.50. The number of aryl methyl sites for hydroxylation is 1. The number of hydrogen-bond acceptors (Lipinski definition) is 8. The molecule has 27 heavy (non-hydrogen) atoms. The minimum atomic E-state index is -0.486. The third kappa shape index (κ3) is 3.56. The summed E-state index contributed by atoms with van der Waals surface area (Å²) in [5.41, 5.74) is 3.48. The van der Waals surface area contributed by atoms with E-state index < -0.39 is 5.76 Å². The van der Waals surface area contributed by atoms with E-state index >= 15 is 0 Å². The van der Waals surface area contributed by atoms with Crippen LogP contribution in [0.4, 0.5) is 23.1 Å². The van der Waals surface area contributed by atoms with Crippen LogP contribution in [-0.2, 0) is 0 Å². The van der Waals surface area contributed by atoms with E-state index in [-0.39, 0.29) is 0 Å². The van der Waals surface area contributed by atoms with Crippen LogP contribution in [0.5, 0.6) is 5.88 Å². The Morgan fingerprint density at radius 3 is 2.70 bits per heavy atom. The lowest BCUT2D eigenvalue weighted by Gasteiger charge is -2.11. The van der Waals surface area contributed by atoms with E-state index in [1.54, 1.807) is 43.8 Å². The molecule has 0 fully saturated rings. The van der Waals surface area contributed by atoms with Gasteiger partial charge in [0.25, 0.3) is 0 Å². The topological polar surface area (TPSA) is 118 Å². The Bertz CT molecular complexity index is 1150. The molecule has 3 N–H and O–H groups in total. The second kappa shape index (κ2) is 6.79. The van der Waals surface area contributed by atoms with Crippen molar-refractivity contribution in [2.24, 2.45) is 0 Å². The Balaban J connectivity index is 1.58. The van der Waals surface area contributed by atoms with Gasteiger partial charge >= 0.3 is 5.76 Å². The summed E-state index contributed by atoms with van der Waals surface area (Å²) in [5, 5.41) is 6.33. The average Bonchev–Trinajstić information content (AvgIpc) is 3.04. The summed E-state index contributed by atoms with van der Waals surface area (Å²) >= 11 is 0. The van der Waals surface area contributed by atoms with Gasteiger partial charge in [-0.2, -0.15) is 4.98 Å². The van der Waals surface area contributed by atoms with Gasteiger partial charge in [0.05, 0.1) is 24.5 Å². The van der Waals surface area contributed by atoms with E-state index in [0.29, 0.717) is 28.7 Å². The first kappa shape index (κ1) is 16.6. The van der Waals surface area contributed by atoms with Crippen molar-refractivity contribution >= 4 is 34.2 Å². The number of H-pyrrole nitrogens is 1. The van der Waals surface area contributed by atoms with E-state index in [1.165, 1.54) is 0 Å². The van der Waals surface area contributed by atoms with Crippen LogP contribution in [0.25, 0.3) is 11.1 Å². The molecule has 0 atom stereocenters. The van der Waals surface area contributed by atoms with E-state index in [9.17, 15) is 4.79 Å². The largest absolute Gasteiger partial charge is 0.481 e. The van der Waals surface area contributed by atoms with Gasteiger partial charge in [0.1, 0.15) is 5.82 Å². The number of hydrogen-bond donors (Lipinski definition) is 3. The van der Waals surface area contributed by atoms with Crippen molar-refractivity contribution in [3.63, 3.8) is 0 Å². The predicted octanol–water partition coefficient (Wildman–Crippen LogP) is 3.11. The van der Waals surface area contributed by atoms with Gasteiger partial charge in [0.15, 0.2) is 5.58 Å². The second-order valence-corrected chi connectivity index (χ2v) is 5.79. The van der Waals surface area contributed by atoms with Gasteiger partial charge in [-0.1, -0.05) is 0 Å². The Hall–Kier alpha value is -3.88. The molecular weight excluding hydrogens is 348 g/mol. The molecule has 9 nitrogen and oxygen atoms in total. The molecule has 0 radical (unpaired) electrons. The van der Waals surface area contributed by atoms with Gasteiger partial charge in [0.2, 0.25) is 11.8 Å². The Morgan fingerprint density at radius 2 is 1.93 bits per heavy atom. The van der Waals surface area contributed by atoms with E-state index in [0.717, 1.165) is 16.9 Å². The van der Waals surface area contributed by atoms with Gasteiger partial charge < -0.3 is 19.8 Å². The maximum atomic E-state index is 11.3. The number of methoxy groups -OCH3 is 1. The highest BCUT2D eigenvalue weighted by molar-refractivity contribution is 5.78. The molecule has 0 aliphatic carbocycles. The molecule has 4 rings (SSSR count). The predicted molar refractivity (Wildman–Crippen MR) is 101 cm³/mol. The molecule has 0 unspecified atom stereocenters. The summed E-state index contributed by atoms with van der Waals surface area (Å²) in [7, 11) is 1.56. The number of fused-ring (bicyclic) bond motifs is 1. The molecule has 136 valence electrons. The fourth-order valence-corrected chi connectivity index (χ4v) is 2.50. The standard InChI is InChI=1S/C18H16N6O3/c1-10-8-20-17(22-12-4-6-15(26-2)19-9-12)24-16(10)21-11-3-5-14-13(7-11)23-18(25)27-14/h3-9H,1-2H3,(H,23,25)(H2,20,21,22,24). The van der Waals surface area contributed by atoms with Crippen molar-refractivity contribution in [3.8, 4) is 5.88 Å². The summed E-state index contributed by atoms with van der Waals surface area (Å²) < 4.78 is 10.1. The molecule has 0 saturated heterocycles. The summed E-state index contributed by atoms with van der Waals surface area (Å²) in [4.78, 5) is 26.8. The zero-order chi connectivity index (χ0) is 18.8. The van der Waals surface area contributed by atoms with Crippen LogP contribution >= 0.6 is 0 Å². The number of aromatic amines is 1.